The van der Waals surface area contributed by atoms with E-state index in [1.54, 1.807) is 28.0 Å². The summed E-state index contributed by atoms with van der Waals surface area (Å²) in [4.78, 5) is 29.4. The highest BCUT2D eigenvalue weighted by Gasteiger charge is 2.38. The van der Waals surface area contributed by atoms with E-state index in [4.69, 9.17) is 4.74 Å². The van der Waals surface area contributed by atoms with Gasteiger partial charge in [0.25, 0.3) is 0 Å². The second-order valence-electron chi connectivity index (χ2n) is 9.97. The molecule has 0 bridgehead atoms. The number of sulfone groups is 1. The first kappa shape index (κ1) is 23.9. The summed E-state index contributed by atoms with van der Waals surface area (Å²) >= 11 is 0. The molecule has 2 fully saturated rings. The monoisotopic (exact) mass is 496 g/mol. The van der Waals surface area contributed by atoms with Gasteiger partial charge in [-0.1, -0.05) is 24.6 Å². The first-order valence-electron chi connectivity index (χ1n) is 12.5. The summed E-state index contributed by atoms with van der Waals surface area (Å²) in [6, 6.07) is 12.3. The van der Waals surface area contributed by atoms with Gasteiger partial charge in [0, 0.05) is 13.5 Å². The lowest BCUT2D eigenvalue weighted by Crippen LogP contribution is -2.52. The molecule has 2 aromatic rings. The predicted octanol–water partition coefficient (Wildman–Crippen LogP) is 5.32. The molecule has 0 radical (unpaired) electrons. The number of amides is 2. The number of hydrogen-bond donors (Lipinski definition) is 0. The standard InChI is InChI=1S/C27H32N2O5S/c1-18-17-28(27(31)34-22-8-4-3-5-9-22)26-16-21(11-14-25(26)29(18)19(2)30)20-7-6-10-24(15-20)35(32,33)23-12-13-23/h6-7,10-11,14-16,18,22-23H,3-5,8-9,12-13,17H2,1-2H3/t18-/m0/s1. The molecule has 2 saturated carbocycles. The molecule has 7 nitrogen and oxygen atoms in total. The number of nitrogens with zero attached hydrogens (tertiary/aromatic N) is 2. The van der Waals surface area contributed by atoms with Crippen molar-refractivity contribution in [3.05, 3.63) is 42.5 Å². The molecule has 0 spiro atoms. The van der Waals surface area contributed by atoms with Crippen molar-refractivity contribution in [3.63, 3.8) is 0 Å². The molecule has 0 unspecified atom stereocenters. The second-order valence-corrected chi connectivity index (χ2v) is 12.2. The van der Waals surface area contributed by atoms with Crippen molar-refractivity contribution >= 4 is 33.2 Å². The molecule has 0 N–H and O–H groups in total. The maximum absolute atomic E-state index is 13.3. The van der Waals surface area contributed by atoms with Gasteiger partial charge >= 0.3 is 6.09 Å². The average molecular weight is 497 g/mol. The maximum atomic E-state index is 13.3. The van der Waals surface area contributed by atoms with E-state index >= 15 is 0 Å². The third kappa shape index (κ3) is 4.68. The highest BCUT2D eigenvalue weighted by molar-refractivity contribution is 7.92. The summed E-state index contributed by atoms with van der Waals surface area (Å²) in [5.41, 5.74) is 2.79. The first-order chi connectivity index (χ1) is 16.8. The van der Waals surface area contributed by atoms with Crippen LogP contribution in [0.5, 0.6) is 0 Å². The van der Waals surface area contributed by atoms with E-state index in [0.29, 0.717) is 35.7 Å². The molecule has 0 aromatic heterocycles. The topological polar surface area (TPSA) is 84.0 Å². The number of carbonyl (C=O) groups is 2. The van der Waals surface area contributed by atoms with Crippen LogP contribution in [0.2, 0.25) is 0 Å². The van der Waals surface area contributed by atoms with Crippen LogP contribution in [0.4, 0.5) is 16.2 Å². The number of carbonyl (C=O) groups excluding carboxylic acids is 2. The van der Waals surface area contributed by atoms with Crippen molar-refractivity contribution in [1.29, 1.82) is 0 Å². The van der Waals surface area contributed by atoms with Crippen LogP contribution < -0.4 is 9.80 Å². The molecular weight excluding hydrogens is 464 g/mol. The minimum Gasteiger partial charge on any atom is -0.446 e. The second kappa shape index (κ2) is 9.30. The number of hydrogen-bond acceptors (Lipinski definition) is 5. The molecular formula is C27H32N2O5S. The minimum atomic E-state index is -3.32. The van der Waals surface area contributed by atoms with Crippen LogP contribution in [0.25, 0.3) is 11.1 Å². The molecule has 2 aromatic carbocycles. The van der Waals surface area contributed by atoms with E-state index in [1.165, 1.54) is 13.3 Å². The molecule has 35 heavy (non-hydrogen) atoms. The van der Waals surface area contributed by atoms with Crippen LogP contribution in [0.15, 0.2) is 47.4 Å². The van der Waals surface area contributed by atoms with Gasteiger partial charge in [0.1, 0.15) is 6.10 Å². The summed E-state index contributed by atoms with van der Waals surface area (Å²) in [7, 11) is -3.32. The van der Waals surface area contributed by atoms with Crippen LogP contribution >= 0.6 is 0 Å². The zero-order valence-corrected chi connectivity index (χ0v) is 21.1. The fourth-order valence-electron chi connectivity index (χ4n) is 5.27. The quantitative estimate of drug-likeness (QED) is 0.572. The minimum absolute atomic E-state index is 0.0756. The van der Waals surface area contributed by atoms with Gasteiger partial charge in [-0.2, -0.15) is 0 Å². The van der Waals surface area contributed by atoms with Gasteiger partial charge in [0.15, 0.2) is 9.84 Å². The maximum Gasteiger partial charge on any atom is 0.414 e. The molecule has 3 aliphatic rings. The number of rotatable bonds is 4. The Morgan fingerprint density at radius 3 is 2.31 bits per heavy atom. The summed E-state index contributed by atoms with van der Waals surface area (Å²) in [5, 5.41) is -0.281. The average Bonchev–Trinajstić information content (AvgIpc) is 3.70. The van der Waals surface area contributed by atoms with E-state index < -0.39 is 15.9 Å². The molecule has 8 heteroatoms. The lowest BCUT2D eigenvalue weighted by Gasteiger charge is -2.41. The molecule has 2 amide bonds. The van der Waals surface area contributed by atoms with Crippen molar-refractivity contribution in [2.75, 3.05) is 16.3 Å². The highest BCUT2D eigenvalue weighted by Crippen LogP contribution is 2.40. The summed E-state index contributed by atoms with van der Waals surface area (Å²) in [6.45, 7) is 3.78. The van der Waals surface area contributed by atoms with Crippen LogP contribution in [-0.4, -0.2) is 44.4 Å². The summed E-state index contributed by atoms with van der Waals surface area (Å²) < 4.78 is 31.4. The highest BCUT2D eigenvalue weighted by atomic mass is 32.2. The van der Waals surface area contributed by atoms with Gasteiger partial charge in [-0.3, -0.25) is 9.69 Å². The summed E-state index contributed by atoms with van der Waals surface area (Å²) in [5.74, 6) is -0.0932. The molecule has 1 atom stereocenters. The van der Waals surface area contributed by atoms with Gasteiger partial charge in [-0.05, 0) is 80.8 Å². The zero-order valence-electron chi connectivity index (χ0n) is 20.3. The summed E-state index contributed by atoms with van der Waals surface area (Å²) in [6.07, 6.45) is 6.01. The predicted molar refractivity (Wildman–Crippen MR) is 135 cm³/mol. The molecule has 0 saturated heterocycles. The smallest absolute Gasteiger partial charge is 0.414 e. The number of ether oxygens (including phenoxy) is 1. The normalized spacial score (nSPS) is 20.9. The van der Waals surface area contributed by atoms with Gasteiger partial charge in [0.2, 0.25) is 5.91 Å². The van der Waals surface area contributed by atoms with E-state index in [0.717, 1.165) is 36.8 Å². The zero-order chi connectivity index (χ0) is 24.7. The Hall–Kier alpha value is -2.87. The van der Waals surface area contributed by atoms with Crippen molar-refractivity contribution < 1.29 is 22.7 Å². The molecule has 1 aliphatic heterocycles. The fourth-order valence-corrected chi connectivity index (χ4v) is 6.97. The van der Waals surface area contributed by atoms with E-state index in [1.807, 2.05) is 31.2 Å². The van der Waals surface area contributed by atoms with Crippen LogP contribution in [0, 0.1) is 0 Å². The van der Waals surface area contributed by atoms with Gasteiger partial charge in [0.05, 0.1) is 27.6 Å². The van der Waals surface area contributed by atoms with Crippen molar-refractivity contribution in [2.24, 2.45) is 0 Å². The van der Waals surface area contributed by atoms with Gasteiger partial charge in [-0.15, -0.1) is 0 Å². The van der Waals surface area contributed by atoms with E-state index in [2.05, 4.69) is 0 Å². The van der Waals surface area contributed by atoms with Gasteiger partial charge in [-0.25, -0.2) is 13.2 Å². The Morgan fingerprint density at radius 2 is 1.63 bits per heavy atom. The Labute approximate surface area is 207 Å². The Balaban J connectivity index is 1.52. The first-order valence-corrected chi connectivity index (χ1v) is 14.1. The van der Waals surface area contributed by atoms with Crippen LogP contribution in [-0.2, 0) is 19.4 Å². The van der Waals surface area contributed by atoms with Crippen molar-refractivity contribution in [1.82, 2.24) is 0 Å². The number of anilines is 2. The van der Waals surface area contributed by atoms with E-state index in [9.17, 15) is 18.0 Å². The third-order valence-corrected chi connectivity index (χ3v) is 9.51. The van der Waals surface area contributed by atoms with Crippen molar-refractivity contribution in [3.8, 4) is 11.1 Å². The molecule has 2 aliphatic carbocycles. The SMILES string of the molecule is CC(=O)N1c2ccc(-c3cccc(S(=O)(=O)C4CC4)c3)cc2N(C(=O)OC2CCCCC2)C[C@@H]1C. The molecule has 1 heterocycles. The van der Waals surface area contributed by atoms with Gasteiger partial charge < -0.3 is 9.64 Å². The van der Waals surface area contributed by atoms with E-state index in [-0.39, 0.29) is 23.3 Å². The molecule has 5 rings (SSSR count). The number of benzene rings is 2. The molecule has 186 valence electrons. The van der Waals surface area contributed by atoms with Crippen LogP contribution in [0.3, 0.4) is 0 Å². The van der Waals surface area contributed by atoms with Crippen molar-refractivity contribution in [2.45, 2.75) is 81.1 Å². The third-order valence-electron chi connectivity index (χ3n) is 7.25. The fraction of sp³-hybridized carbons (Fsp3) is 0.481. The largest absolute Gasteiger partial charge is 0.446 e. The number of fused-ring (bicyclic) bond motifs is 1. The Bertz CT molecular complexity index is 1250. The van der Waals surface area contributed by atoms with Crippen LogP contribution in [0.1, 0.15) is 58.8 Å². The Kier molecular flexibility index (Phi) is 6.34. The Morgan fingerprint density at radius 1 is 0.914 bits per heavy atom. The lowest BCUT2D eigenvalue weighted by atomic mass is 9.98. The lowest BCUT2D eigenvalue weighted by molar-refractivity contribution is -0.117.